The van der Waals surface area contributed by atoms with E-state index in [9.17, 15) is 0 Å². The van der Waals surface area contributed by atoms with Gasteiger partial charge in [-0.2, -0.15) is 0 Å². The zero-order valence-corrected chi connectivity index (χ0v) is 10.8. The Morgan fingerprint density at radius 2 is 2.11 bits per heavy atom. The highest BCUT2D eigenvalue weighted by molar-refractivity contribution is 5.47. The van der Waals surface area contributed by atoms with Crippen LogP contribution in [-0.4, -0.2) is 11.1 Å². The highest BCUT2D eigenvalue weighted by Gasteiger charge is 2.03. The van der Waals surface area contributed by atoms with Crippen LogP contribution in [0.3, 0.4) is 0 Å². The van der Waals surface area contributed by atoms with Gasteiger partial charge in [0.2, 0.25) is 0 Å². The minimum atomic E-state index is 0.184. The molecule has 1 aromatic heterocycles. The van der Waals surface area contributed by atoms with Crippen molar-refractivity contribution in [1.82, 2.24) is 4.98 Å². The van der Waals surface area contributed by atoms with Crippen molar-refractivity contribution in [3.63, 3.8) is 0 Å². The van der Waals surface area contributed by atoms with E-state index in [1.165, 1.54) is 5.56 Å². The number of ether oxygens (including phenoxy) is 1. The summed E-state index contributed by atoms with van der Waals surface area (Å²) in [7, 11) is 0. The maximum absolute atomic E-state index is 5.92. The second-order valence-corrected chi connectivity index (χ2v) is 4.57. The Labute approximate surface area is 108 Å². The third kappa shape index (κ3) is 3.23. The molecule has 1 aromatic carbocycles. The summed E-state index contributed by atoms with van der Waals surface area (Å²) in [5, 5.41) is 0. The predicted molar refractivity (Wildman–Crippen MR) is 73.7 cm³/mol. The van der Waals surface area contributed by atoms with Crippen LogP contribution in [0.15, 0.2) is 42.7 Å². The molecule has 0 bridgehead atoms. The van der Waals surface area contributed by atoms with E-state index in [2.05, 4.69) is 11.1 Å². The molecule has 0 aliphatic carbocycles. The summed E-state index contributed by atoms with van der Waals surface area (Å²) >= 11 is 0. The Balaban J connectivity index is 2.17. The van der Waals surface area contributed by atoms with Crippen LogP contribution in [0.2, 0.25) is 0 Å². The number of nitrogen functional groups attached to an aromatic ring is 1. The molecule has 0 spiro atoms. The van der Waals surface area contributed by atoms with Gasteiger partial charge in [0, 0.05) is 24.5 Å². The molecule has 0 unspecified atom stereocenters. The summed E-state index contributed by atoms with van der Waals surface area (Å²) in [6, 6.07) is 9.91. The van der Waals surface area contributed by atoms with Gasteiger partial charge in [-0.05, 0) is 43.2 Å². The Kier molecular flexibility index (Phi) is 3.82. The summed E-state index contributed by atoms with van der Waals surface area (Å²) in [6.07, 6.45) is 4.47. The van der Waals surface area contributed by atoms with E-state index in [0.717, 1.165) is 23.4 Å². The average molecular weight is 242 g/mol. The third-order valence-corrected chi connectivity index (χ3v) is 2.61. The third-order valence-electron chi connectivity index (χ3n) is 2.61. The van der Waals surface area contributed by atoms with Crippen LogP contribution in [0.5, 0.6) is 5.75 Å². The predicted octanol–water partition coefficient (Wildman–Crippen LogP) is 3.04. The smallest absolute Gasteiger partial charge is 0.119 e. The second-order valence-electron chi connectivity index (χ2n) is 4.57. The average Bonchev–Trinajstić information content (AvgIpc) is 2.32. The van der Waals surface area contributed by atoms with E-state index in [1.54, 1.807) is 6.20 Å². The Hall–Kier alpha value is -2.03. The number of nitrogens with two attached hydrogens (primary N) is 1. The molecular formula is C15H18N2O. The van der Waals surface area contributed by atoms with Crippen LogP contribution < -0.4 is 10.5 Å². The maximum Gasteiger partial charge on any atom is 0.119 e. The van der Waals surface area contributed by atoms with Crippen LogP contribution in [0.4, 0.5) is 5.69 Å². The zero-order valence-electron chi connectivity index (χ0n) is 10.8. The molecule has 0 aliphatic rings. The summed E-state index contributed by atoms with van der Waals surface area (Å²) in [6.45, 7) is 4.04. The topological polar surface area (TPSA) is 48.1 Å². The Morgan fingerprint density at radius 1 is 1.28 bits per heavy atom. The lowest BCUT2D eigenvalue weighted by molar-refractivity contribution is 0.242. The van der Waals surface area contributed by atoms with Crippen molar-refractivity contribution in [3.05, 3.63) is 53.9 Å². The zero-order chi connectivity index (χ0) is 13.0. The maximum atomic E-state index is 5.92. The number of anilines is 1. The van der Waals surface area contributed by atoms with Crippen molar-refractivity contribution < 1.29 is 4.74 Å². The van der Waals surface area contributed by atoms with Gasteiger partial charge in [-0.3, -0.25) is 4.98 Å². The fourth-order valence-electron chi connectivity index (χ4n) is 1.81. The largest absolute Gasteiger partial charge is 0.491 e. The number of rotatable bonds is 4. The molecule has 1 heterocycles. The van der Waals surface area contributed by atoms with Gasteiger partial charge >= 0.3 is 0 Å². The number of hydrogen-bond acceptors (Lipinski definition) is 3. The van der Waals surface area contributed by atoms with Gasteiger partial charge < -0.3 is 10.5 Å². The van der Waals surface area contributed by atoms with Crippen molar-refractivity contribution in [1.29, 1.82) is 0 Å². The van der Waals surface area contributed by atoms with Gasteiger partial charge in [-0.25, -0.2) is 0 Å². The minimum Gasteiger partial charge on any atom is -0.491 e. The van der Waals surface area contributed by atoms with Crippen molar-refractivity contribution in [2.45, 2.75) is 26.4 Å². The molecular weight excluding hydrogens is 224 g/mol. The van der Waals surface area contributed by atoms with E-state index in [4.69, 9.17) is 10.5 Å². The molecule has 2 aromatic rings. The quantitative estimate of drug-likeness (QED) is 0.896. The van der Waals surface area contributed by atoms with Gasteiger partial charge in [0.25, 0.3) is 0 Å². The highest BCUT2D eigenvalue weighted by atomic mass is 16.5. The van der Waals surface area contributed by atoms with Crippen LogP contribution in [0.1, 0.15) is 25.0 Å². The van der Waals surface area contributed by atoms with Crippen molar-refractivity contribution in [2.24, 2.45) is 0 Å². The van der Waals surface area contributed by atoms with Crippen LogP contribution in [0.25, 0.3) is 0 Å². The van der Waals surface area contributed by atoms with E-state index in [-0.39, 0.29) is 6.10 Å². The number of aromatic nitrogens is 1. The van der Waals surface area contributed by atoms with E-state index >= 15 is 0 Å². The van der Waals surface area contributed by atoms with Gasteiger partial charge in [-0.1, -0.05) is 12.1 Å². The van der Waals surface area contributed by atoms with Gasteiger partial charge in [0.15, 0.2) is 0 Å². The highest BCUT2D eigenvalue weighted by Crippen LogP contribution is 2.19. The lowest BCUT2D eigenvalue weighted by Gasteiger charge is -2.11. The first-order valence-corrected chi connectivity index (χ1v) is 6.09. The number of pyridine rings is 1. The standard InChI is InChI=1S/C15H18N2O/c1-11(2)18-14-5-3-4-12(9-14)8-13-10-17-7-6-15(13)16/h3-7,9-11H,8H2,1-2H3,(H2,16,17). The summed E-state index contributed by atoms with van der Waals surface area (Å²) < 4.78 is 5.68. The normalized spacial score (nSPS) is 10.6. The molecule has 3 nitrogen and oxygen atoms in total. The van der Waals surface area contributed by atoms with Crippen molar-refractivity contribution in [2.75, 3.05) is 5.73 Å². The molecule has 2 rings (SSSR count). The first kappa shape index (κ1) is 12.4. The number of hydrogen-bond donors (Lipinski definition) is 1. The van der Waals surface area contributed by atoms with Crippen LogP contribution in [-0.2, 0) is 6.42 Å². The lowest BCUT2D eigenvalue weighted by atomic mass is 10.1. The molecule has 0 saturated heterocycles. The second kappa shape index (κ2) is 5.54. The first-order chi connectivity index (χ1) is 8.65. The van der Waals surface area contributed by atoms with Gasteiger partial charge in [0.1, 0.15) is 5.75 Å². The fraction of sp³-hybridized carbons (Fsp3) is 0.267. The number of nitrogens with zero attached hydrogens (tertiary/aromatic N) is 1. The van der Waals surface area contributed by atoms with Crippen LogP contribution >= 0.6 is 0 Å². The molecule has 0 aliphatic heterocycles. The fourth-order valence-corrected chi connectivity index (χ4v) is 1.81. The number of benzene rings is 1. The van der Waals surface area contributed by atoms with E-state index in [1.807, 2.05) is 44.3 Å². The molecule has 0 saturated carbocycles. The SMILES string of the molecule is CC(C)Oc1cccc(Cc2cnccc2N)c1. The molecule has 0 fully saturated rings. The molecule has 0 radical (unpaired) electrons. The summed E-state index contributed by atoms with van der Waals surface area (Å²) in [5.74, 6) is 0.893. The van der Waals surface area contributed by atoms with Gasteiger partial charge in [-0.15, -0.1) is 0 Å². The van der Waals surface area contributed by atoms with Gasteiger partial charge in [0.05, 0.1) is 6.10 Å². The minimum absolute atomic E-state index is 0.184. The van der Waals surface area contributed by atoms with E-state index < -0.39 is 0 Å². The monoisotopic (exact) mass is 242 g/mol. The Bertz CT molecular complexity index is 523. The molecule has 0 atom stereocenters. The molecule has 18 heavy (non-hydrogen) atoms. The van der Waals surface area contributed by atoms with Crippen molar-refractivity contribution >= 4 is 5.69 Å². The summed E-state index contributed by atoms with van der Waals surface area (Å²) in [5.41, 5.74) is 8.91. The summed E-state index contributed by atoms with van der Waals surface area (Å²) in [4.78, 5) is 4.10. The molecule has 3 heteroatoms. The Morgan fingerprint density at radius 3 is 2.83 bits per heavy atom. The molecule has 0 amide bonds. The molecule has 2 N–H and O–H groups in total. The van der Waals surface area contributed by atoms with Crippen molar-refractivity contribution in [3.8, 4) is 5.75 Å². The first-order valence-electron chi connectivity index (χ1n) is 6.09. The van der Waals surface area contributed by atoms with E-state index in [0.29, 0.717) is 0 Å². The lowest BCUT2D eigenvalue weighted by Crippen LogP contribution is -2.05. The molecule has 94 valence electrons. The van der Waals surface area contributed by atoms with Crippen LogP contribution in [0, 0.1) is 0 Å².